The number of aryl methyl sites for hydroxylation is 1. The summed E-state index contributed by atoms with van der Waals surface area (Å²) in [5, 5.41) is 6.68. The minimum absolute atomic E-state index is 0.454. The molecular formula is C25H30N4O3. The van der Waals surface area contributed by atoms with E-state index in [4.69, 9.17) is 14.2 Å². The molecule has 32 heavy (non-hydrogen) atoms. The maximum Gasteiger partial charge on any atom is 0.219 e. The number of hydrogen-bond donors (Lipinski definition) is 2. The number of nitrogens with zero attached hydrogens (tertiary/aromatic N) is 2. The van der Waals surface area contributed by atoms with Crippen molar-refractivity contribution < 1.29 is 14.2 Å². The van der Waals surface area contributed by atoms with Gasteiger partial charge in [-0.25, -0.2) is 4.98 Å². The molecule has 0 aliphatic rings. The molecular weight excluding hydrogens is 404 g/mol. The zero-order valence-corrected chi connectivity index (χ0v) is 19.0. The van der Waals surface area contributed by atoms with Crippen LogP contribution in [-0.2, 0) is 19.5 Å². The number of benzene rings is 2. The minimum Gasteiger partial charge on any atom is -0.493 e. The molecule has 0 fully saturated rings. The first-order valence-corrected chi connectivity index (χ1v) is 10.5. The summed E-state index contributed by atoms with van der Waals surface area (Å²) in [5.74, 6) is 2.84. The second kappa shape index (κ2) is 11.6. The second-order valence-corrected chi connectivity index (χ2v) is 7.00. The molecule has 0 bridgehead atoms. The summed E-state index contributed by atoms with van der Waals surface area (Å²) in [6.07, 6.45) is 2.77. The Kier molecular flexibility index (Phi) is 8.31. The van der Waals surface area contributed by atoms with Crippen LogP contribution in [0.2, 0.25) is 0 Å². The topological polar surface area (TPSA) is 77.0 Å². The lowest BCUT2D eigenvalue weighted by Crippen LogP contribution is -2.36. The van der Waals surface area contributed by atoms with Crippen LogP contribution in [0.4, 0.5) is 0 Å². The van der Waals surface area contributed by atoms with Crippen molar-refractivity contribution in [2.45, 2.75) is 26.4 Å². The van der Waals surface area contributed by atoms with Gasteiger partial charge in [0, 0.05) is 32.4 Å². The van der Waals surface area contributed by atoms with E-state index in [-0.39, 0.29) is 0 Å². The van der Waals surface area contributed by atoms with Gasteiger partial charge in [0.15, 0.2) is 17.5 Å². The van der Waals surface area contributed by atoms with Gasteiger partial charge in [-0.05, 0) is 35.2 Å². The Hall–Kier alpha value is -3.74. The molecule has 168 valence electrons. The summed E-state index contributed by atoms with van der Waals surface area (Å²) in [4.78, 5) is 8.72. The standard InChI is InChI=1S/C25H30N4O3/c1-5-19-9-6-7-10-20(19)17-29-25(26-2)28-16-18-13-14-23(27-15-18)32-24-21(30-3)11-8-12-22(24)31-4/h6-15H,5,16-17H2,1-4H3,(H2,26,28,29). The molecule has 3 rings (SSSR count). The molecule has 3 aromatic rings. The van der Waals surface area contributed by atoms with Gasteiger partial charge < -0.3 is 24.8 Å². The van der Waals surface area contributed by atoms with Gasteiger partial charge in [0.1, 0.15) is 0 Å². The fourth-order valence-corrected chi connectivity index (χ4v) is 3.26. The lowest BCUT2D eigenvalue weighted by Gasteiger charge is -2.14. The van der Waals surface area contributed by atoms with Gasteiger partial charge in [-0.1, -0.05) is 43.3 Å². The second-order valence-electron chi connectivity index (χ2n) is 7.00. The first-order valence-electron chi connectivity index (χ1n) is 10.5. The third kappa shape index (κ3) is 5.91. The number of methoxy groups -OCH3 is 2. The van der Waals surface area contributed by atoms with Gasteiger partial charge in [-0.15, -0.1) is 0 Å². The van der Waals surface area contributed by atoms with Crippen LogP contribution in [0.25, 0.3) is 0 Å². The highest BCUT2D eigenvalue weighted by atomic mass is 16.5. The van der Waals surface area contributed by atoms with E-state index >= 15 is 0 Å². The third-order valence-electron chi connectivity index (χ3n) is 5.02. The summed E-state index contributed by atoms with van der Waals surface area (Å²) >= 11 is 0. The van der Waals surface area contributed by atoms with Crippen molar-refractivity contribution in [3.63, 3.8) is 0 Å². The number of aliphatic imine (C=N–C) groups is 1. The zero-order valence-electron chi connectivity index (χ0n) is 19.0. The Balaban J connectivity index is 1.57. The molecule has 1 heterocycles. The van der Waals surface area contributed by atoms with Crippen LogP contribution in [0.5, 0.6) is 23.1 Å². The minimum atomic E-state index is 0.454. The van der Waals surface area contributed by atoms with E-state index in [1.165, 1.54) is 11.1 Å². The van der Waals surface area contributed by atoms with Crippen LogP contribution in [0, 0.1) is 0 Å². The molecule has 0 aliphatic carbocycles. The van der Waals surface area contributed by atoms with Gasteiger partial charge in [-0.2, -0.15) is 0 Å². The molecule has 7 nitrogen and oxygen atoms in total. The zero-order chi connectivity index (χ0) is 22.8. The molecule has 7 heteroatoms. The van der Waals surface area contributed by atoms with E-state index in [9.17, 15) is 0 Å². The maximum atomic E-state index is 5.92. The van der Waals surface area contributed by atoms with Gasteiger partial charge >= 0.3 is 0 Å². The summed E-state index contributed by atoms with van der Waals surface area (Å²) in [6.45, 7) is 3.46. The quantitative estimate of drug-likeness (QED) is 0.386. The van der Waals surface area contributed by atoms with Gasteiger partial charge in [0.05, 0.1) is 14.2 Å². The predicted molar refractivity (Wildman–Crippen MR) is 127 cm³/mol. The number of rotatable bonds is 9. The summed E-state index contributed by atoms with van der Waals surface area (Å²) in [5.41, 5.74) is 3.61. The highest BCUT2D eigenvalue weighted by Gasteiger charge is 2.13. The predicted octanol–water partition coefficient (Wildman–Crippen LogP) is 4.32. The lowest BCUT2D eigenvalue weighted by atomic mass is 10.1. The van der Waals surface area contributed by atoms with Crippen LogP contribution in [-0.4, -0.2) is 32.2 Å². The Morgan fingerprint density at radius 1 is 0.875 bits per heavy atom. The number of hydrogen-bond acceptors (Lipinski definition) is 5. The van der Waals surface area contributed by atoms with Gasteiger partial charge in [0.2, 0.25) is 11.6 Å². The number of pyridine rings is 1. The van der Waals surface area contributed by atoms with E-state index in [2.05, 4.69) is 51.8 Å². The normalized spacial score (nSPS) is 11.1. The number of nitrogens with one attached hydrogen (secondary N) is 2. The van der Waals surface area contributed by atoms with E-state index in [0.717, 1.165) is 24.5 Å². The molecule has 0 saturated heterocycles. The van der Waals surface area contributed by atoms with Gasteiger partial charge in [0.25, 0.3) is 0 Å². The first kappa shape index (κ1) is 22.9. The Morgan fingerprint density at radius 2 is 1.56 bits per heavy atom. The van der Waals surface area contributed by atoms with Crippen molar-refractivity contribution >= 4 is 5.96 Å². The fourth-order valence-electron chi connectivity index (χ4n) is 3.26. The van der Waals surface area contributed by atoms with Crippen molar-refractivity contribution in [2.24, 2.45) is 4.99 Å². The molecule has 0 radical (unpaired) electrons. The molecule has 0 unspecified atom stereocenters. The number of aromatic nitrogens is 1. The molecule has 2 N–H and O–H groups in total. The highest BCUT2D eigenvalue weighted by molar-refractivity contribution is 5.79. The van der Waals surface area contributed by atoms with Crippen molar-refractivity contribution in [3.05, 3.63) is 77.5 Å². The lowest BCUT2D eigenvalue weighted by molar-refractivity contribution is 0.342. The molecule has 2 aromatic carbocycles. The number of para-hydroxylation sites is 1. The van der Waals surface area contributed by atoms with Crippen molar-refractivity contribution in [2.75, 3.05) is 21.3 Å². The largest absolute Gasteiger partial charge is 0.493 e. The van der Waals surface area contributed by atoms with Crippen LogP contribution in [0.15, 0.2) is 65.8 Å². The van der Waals surface area contributed by atoms with E-state index in [1.807, 2.05) is 30.3 Å². The smallest absolute Gasteiger partial charge is 0.219 e. The SMILES string of the molecule is CCc1ccccc1CNC(=NC)NCc1ccc(Oc2c(OC)cccc2OC)nc1. The molecule has 0 spiro atoms. The molecule has 0 aliphatic heterocycles. The maximum absolute atomic E-state index is 5.92. The van der Waals surface area contributed by atoms with Crippen molar-refractivity contribution in [1.29, 1.82) is 0 Å². The van der Waals surface area contributed by atoms with Crippen LogP contribution in [0.3, 0.4) is 0 Å². The summed E-state index contributed by atoms with van der Waals surface area (Å²) in [7, 11) is 4.94. The molecule has 0 atom stereocenters. The van der Waals surface area contributed by atoms with Crippen molar-refractivity contribution in [1.82, 2.24) is 15.6 Å². The Bertz CT molecular complexity index is 1010. The fraction of sp³-hybridized carbons (Fsp3) is 0.280. The average Bonchev–Trinajstić information content (AvgIpc) is 2.85. The number of guanidine groups is 1. The first-order chi connectivity index (χ1) is 15.7. The summed E-state index contributed by atoms with van der Waals surface area (Å²) < 4.78 is 16.7. The van der Waals surface area contributed by atoms with Crippen molar-refractivity contribution in [3.8, 4) is 23.1 Å². The highest BCUT2D eigenvalue weighted by Crippen LogP contribution is 2.39. The Labute approximate surface area is 189 Å². The third-order valence-corrected chi connectivity index (χ3v) is 5.02. The molecule has 1 aromatic heterocycles. The molecule has 0 amide bonds. The van der Waals surface area contributed by atoms with E-state index in [0.29, 0.717) is 29.7 Å². The monoisotopic (exact) mass is 434 g/mol. The van der Waals surface area contributed by atoms with Crippen LogP contribution in [0.1, 0.15) is 23.6 Å². The molecule has 0 saturated carbocycles. The van der Waals surface area contributed by atoms with Gasteiger partial charge in [-0.3, -0.25) is 4.99 Å². The van der Waals surface area contributed by atoms with Crippen LogP contribution >= 0.6 is 0 Å². The van der Waals surface area contributed by atoms with E-state index in [1.54, 1.807) is 27.5 Å². The van der Waals surface area contributed by atoms with E-state index < -0.39 is 0 Å². The Morgan fingerprint density at radius 3 is 2.16 bits per heavy atom. The number of ether oxygens (including phenoxy) is 3. The van der Waals surface area contributed by atoms with Crippen LogP contribution < -0.4 is 24.8 Å². The average molecular weight is 435 g/mol. The summed E-state index contributed by atoms with van der Waals surface area (Å²) in [6, 6.07) is 17.7.